The Morgan fingerprint density at radius 3 is 2.08 bits per heavy atom. The third-order valence-corrected chi connectivity index (χ3v) is 2.70. The summed E-state index contributed by atoms with van der Waals surface area (Å²) < 4.78 is 5.30. The molecule has 0 unspecified atom stereocenters. The van der Waals surface area contributed by atoms with Crippen LogP contribution >= 0.6 is 0 Å². The van der Waals surface area contributed by atoms with Crippen molar-refractivity contribution in [2.75, 3.05) is 46.1 Å². The average Bonchev–Trinajstić information content (AvgIpc) is 2.59. The summed E-state index contributed by atoms with van der Waals surface area (Å²) in [7, 11) is 0. The Labute approximate surface area is 74.3 Å². The Morgan fingerprint density at radius 1 is 0.833 bits per heavy atom. The molecule has 0 N–H and O–H groups in total. The van der Waals surface area contributed by atoms with Gasteiger partial charge in [-0.2, -0.15) is 0 Å². The molecule has 0 aromatic carbocycles. The zero-order valence-corrected chi connectivity index (χ0v) is 7.67. The monoisotopic (exact) mass is 170 g/mol. The van der Waals surface area contributed by atoms with Crippen LogP contribution in [0, 0.1) is 0 Å². The predicted octanol–water partition coefficient (Wildman–Crippen LogP) is 0.372. The molecule has 0 aliphatic carbocycles. The smallest absolute Gasteiger partial charge is 0.0594 e. The van der Waals surface area contributed by atoms with Crippen molar-refractivity contribution in [3.8, 4) is 0 Å². The molecule has 70 valence electrons. The first kappa shape index (κ1) is 8.48. The lowest BCUT2D eigenvalue weighted by molar-refractivity contribution is 0.0144. The summed E-state index contributed by atoms with van der Waals surface area (Å²) in [6, 6.07) is 0. The second-order valence-electron chi connectivity index (χ2n) is 3.70. The van der Waals surface area contributed by atoms with Crippen molar-refractivity contribution >= 4 is 0 Å². The standard InChI is InChI=1S/C9H18N2O/c1-2-4-10(3-1)9-11-5-7-12-8-6-11/h1-9H2. The van der Waals surface area contributed by atoms with E-state index in [2.05, 4.69) is 9.80 Å². The van der Waals surface area contributed by atoms with Gasteiger partial charge in [-0.05, 0) is 25.9 Å². The molecule has 12 heavy (non-hydrogen) atoms. The molecule has 3 heteroatoms. The topological polar surface area (TPSA) is 15.7 Å². The van der Waals surface area contributed by atoms with E-state index >= 15 is 0 Å². The lowest BCUT2D eigenvalue weighted by Gasteiger charge is -2.30. The van der Waals surface area contributed by atoms with Crippen LogP contribution in [0.3, 0.4) is 0 Å². The van der Waals surface area contributed by atoms with Crippen molar-refractivity contribution in [3.05, 3.63) is 0 Å². The van der Waals surface area contributed by atoms with Gasteiger partial charge >= 0.3 is 0 Å². The fraction of sp³-hybridized carbons (Fsp3) is 1.00. The number of rotatable bonds is 2. The molecule has 0 bridgehead atoms. The quantitative estimate of drug-likeness (QED) is 0.595. The van der Waals surface area contributed by atoms with Gasteiger partial charge in [0.1, 0.15) is 0 Å². The Hall–Kier alpha value is -0.120. The molecular weight excluding hydrogens is 152 g/mol. The highest BCUT2D eigenvalue weighted by molar-refractivity contribution is 4.68. The molecule has 0 amide bonds. The van der Waals surface area contributed by atoms with Crippen molar-refractivity contribution in [1.82, 2.24) is 9.80 Å². The summed E-state index contributed by atoms with van der Waals surface area (Å²) >= 11 is 0. The van der Waals surface area contributed by atoms with E-state index in [1.807, 2.05) is 0 Å². The number of hydrogen-bond acceptors (Lipinski definition) is 3. The zero-order valence-electron chi connectivity index (χ0n) is 7.67. The minimum atomic E-state index is 0.924. The van der Waals surface area contributed by atoms with E-state index in [0.717, 1.165) is 26.3 Å². The van der Waals surface area contributed by atoms with Crippen LogP contribution in [-0.4, -0.2) is 55.9 Å². The van der Waals surface area contributed by atoms with Gasteiger partial charge in [0, 0.05) is 13.1 Å². The first-order valence-electron chi connectivity index (χ1n) is 4.97. The summed E-state index contributed by atoms with van der Waals surface area (Å²) in [5.74, 6) is 0. The van der Waals surface area contributed by atoms with E-state index < -0.39 is 0 Å². The van der Waals surface area contributed by atoms with Crippen LogP contribution in [-0.2, 0) is 4.74 Å². The summed E-state index contributed by atoms with van der Waals surface area (Å²) in [5.41, 5.74) is 0. The van der Waals surface area contributed by atoms with Crippen LogP contribution in [0.5, 0.6) is 0 Å². The molecule has 0 atom stereocenters. The van der Waals surface area contributed by atoms with Crippen molar-refractivity contribution in [1.29, 1.82) is 0 Å². The number of hydrogen-bond donors (Lipinski definition) is 0. The highest BCUT2D eigenvalue weighted by atomic mass is 16.5. The minimum absolute atomic E-state index is 0.924. The van der Waals surface area contributed by atoms with Crippen LogP contribution < -0.4 is 0 Å². The predicted molar refractivity (Wildman–Crippen MR) is 48.1 cm³/mol. The first-order chi connectivity index (χ1) is 5.95. The molecule has 3 nitrogen and oxygen atoms in total. The fourth-order valence-corrected chi connectivity index (χ4v) is 1.95. The van der Waals surface area contributed by atoms with Gasteiger partial charge in [0.05, 0.1) is 19.9 Å². The summed E-state index contributed by atoms with van der Waals surface area (Å²) in [6.07, 6.45) is 2.79. The molecule has 0 aromatic rings. The third-order valence-electron chi connectivity index (χ3n) is 2.70. The molecule has 0 saturated carbocycles. The maximum atomic E-state index is 5.30. The van der Waals surface area contributed by atoms with Gasteiger partial charge in [-0.25, -0.2) is 0 Å². The Bertz CT molecular complexity index is 128. The molecule has 2 heterocycles. The molecule has 2 fully saturated rings. The van der Waals surface area contributed by atoms with Crippen LogP contribution in [0.15, 0.2) is 0 Å². The van der Waals surface area contributed by atoms with Gasteiger partial charge in [0.15, 0.2) is 0 Å². The van der Waals surface area contributed by atoms with Crippen LogP contribution in [0.4, 0.5) is 0 Å². The molecule has 2 saturated heterocycles. The summed E-state index contributed by atoms with van der Waals surface area (Å²) in [6.45, 7) is 7.87. The van der Waals surface area contributed by atoms with Gasteiger partial charge in [-0.1, -0.05) is 0 Å². The van der Waals surface area contributed by atoms with Crippen molar-refractivity contribution in [2.24, 2.45) is 0 Å². The van der Waals surface area contributed by atoms with E-state index in [0.29, 0.717) is 0 Å². The van der Waals surface area contributed by atoms with Gasteiger partial charge in [0.2, 0.25) is 0 Å². The molecule has 2 aliphatic rings. The lowest BCUT2D eigenvalue weighted by Crippen LogP contribution is -2.43. The molecule has 0 radical (unpaired) electrons. The Kier molecular flexibility index (Phi) is 2.98. The highest BCUT2D eigenvalue weighted by Crippen LogP contribution is 2.08. The van der Waals surface area contributed by atoms with Crippen molar-refractivity contribution in [2.45, 2.75) is 12.8 Å². The van der Waals surface area contributed by atoms with Gasteiger partial charge < -0.3 is 4.74 Å². The fourth-order valence-electron chi connectivity index (χ4n) is 1.95. The van der Waals surface area contributed by atoms with Gasteiger partial charge in [-0.15, -0.1) is 0 Å². The molecular formula is C9H18N2O. The first-order valence-corrected chi connectivity index (χ1v) is 4.97. The van der Waals surface area contributed by atoms with Gasteiger partial charge in [-0.3, -0.25) is 9.80 Å². The molecule has 0 spiro atoms. The second kappa shape index (κ2) is 4.21. The zero-order chi connectivity index (χ0) is 8.23. The average molecular weight is 170 g/mol. The summed E-state index contributed by atoms with van der Waals surface area (Å²) in [5, 5.41) is 0. The van der Waals surface area contributed by atoms with Crippen molar-refractivity contribution < 1.29 is 4.74 Å². The third kappa shape index (κ3) is 2.19. The number of nitrogens with zero attached hydrogens (tertiary/aromatic N) is 2. The van der Waals surface area contributed by atoms with Crippen molar-refractivity contribution in [3.63, 3.8) is 0 Å². The van der Waals surface area contributed by atoms with E-state index in [9.17, 15) is 0 Å². The Balaban J connectivity index is 1.69. The molecule has 0 aromatic heterocycles. The molecule has 2 rings (SSSR count). The number of ether oxygens (including phenoxy) is 1. The second-order valence-corrected chi connectivity index (χ2v) is 3.70. The van der Waals surface area contributed by atoms with Crippen LogP contribution in [0.2, 0.25) is 0 Å². The SMILES string of the molecule is C1CCN(CN2CCOCC2)C1. The maximum Gasteiger partial charge on any atom is 0.0594 e. The maximum absolute atomic E-state index is 5.30. The summed E-state index contributed by atoms with van der Waals surface area (Å²) in [4.78, 5) is 5.04. The van der Waals surface area contributed by atoms with E-state index in [1.165, 1.54) is 32.6 Å². The largest absolute Gasteiger partial charge is 0.379 e. The lowest BCUT2D eigenvalue weighted by atomic mass is 10.4. The van der Waals surface area contributed by atoms with Crippen LogP contribution in [0.1, 0.15) is 12.8 Å². The van der Waals surface area contributed by atoms with Gasteiger partial charge in [0.25, 0.3) is 0 Å². The number of likely N-dealkylation sites (tertiary alicyclic amines) is 1. The normalized spacial score (nSPS) is 28.0. The Morgan fingerprint density at radius 2 is 1.42 bits per heavy atom. The minimum Gasteiger partial charge on any atom is -0.379 e. The highest BCUT2D eigenvalue weighted by Gasteiger charge is 2.16. The van der Waals surface area contributed by atoms with E-state index in [4.69, 9.17) is 4.74 Å². The van der Waals surface area contributed by atoms with Crippen LogP contribution in [0.25, 0.3) is 0 Å². The number of morpholine rings is 1. The van der Waals surface area contributed by atoms with E-state index in [1.54, 1.807) is 0 Å². The molecule has 2 aliphatic heterocycles. The van der Waals surface area contributed by atoms with E-state index in [-0.39, 0.29) is 0 Å².